The molecular weight excluding hydrogens is 388 g/mol. The minimum absolute atomic E-state index is 0.131. The number of benzene rings is 1. The zero-order valence-corrected chi connectivity index (χ0v) is 18.0. The van der Waals surface area contributed by atoms with E-state index in [1.807, 2.05) is 6.92 Å². The second kappa shape index (κ2) is 7.66. The van der Waals surface area contributed by atoms with Gasteiger partial charge in [0.2, 0.25) is 10.0 Å². The molecular formula is C21H28N4O3S. The van der Waals surface area contributed by atoms with Crippen LogP contribution in [0.5, 0.6) is 0 Å². The van der Waals surface area contributed by atoms with E-state index < -0.39 is 16.1 Å². The minimum Gasteiger partial charge on any atom is -0.309 e. The predicted octanol–water partition coefficient (Wildman–Crippen LogP) is 2.37. The quantitative estimate of drug-likeness (QED) is 0.827. The van der Waals surface area contributed by atoms with Crippen LogP contribution >= 0.6 is 0 Å². The Morgan fingerprint density at radius 3 is 2.59 bits per heavy atom. The maximum absolute atomic E-state index is 13.2. The van der Waals surface area contributed by atoms with E-state index in [-0.39, 0.29) is 10.5 Å². The smallest absolute Gasteiger partial charge is 0.254 e. The molecule has 8 heteroatoms. The molecule has 0 aliphatic carbocycles. The average molecular weight is 417 g/mol. The summed E-state index contributed by atoms with van der Waals surface area (Å²) in [6.07, 6.45) is 2.07. The maximum atomic E-state index is 13.2. The summed E-state index contributed by atoms with van der Waals surface area (Å²) in [5, 5.41) is 0. The van der Waals surface area contributed by atoms with Gasteiger partial charge in [-0.25, -0.2) is 13.4 Å². The lowest BCUT2D eigenvalue weighted by Gasteiger charge is -2.31. The second-order valence-electron chi connectivity index (χ2n) is 8.28. The van der Waals surface area contributed by atoms with Gasteiger partial charge in [-0.1, -0.05) is 17.7 Å². The fourth-order valence-electron chi connectivity index (χ4n) is 4.22. The number of aromatic nitrogens is 2. The number of sulfonamides is 1. The summed E-state index contributed by atoms with van der Waals surface area (Å²) in [4.78, 5) is 22.9. The lowest BCUT2D eigenvalue weighted by Crippen LogP contribution is -2.40. The molecule has 1 atom stereocenters. The molecule has 0 amide bonds. The minimum atomic E-state index is -3.65. The standard InChI is InChI=1S/C21H28N4O3S/c1-14(2)24-12-10-17-18(13-24)22-20(23-21(17)26)19-5-4-11-25(19)29(27,28)16-8-6-15(3)7-9-16/h6-9,14,19H,4-5,10-13H2,1-3H3,(H,22,23,26). The molecule has 1 N–H and O–H groups in total. The van der Waals surface area contributed by atoms with Crippen LogP contribution in [0, 0.1) is 6.92 Å². The third kappa shape index (κ3) is 3.76. The van der Waals surface area contributed by atoms with Crippen LogP contribution in [-0.2, 0) is 23.0 Å². The molecule has 1 unspecified atom stereocenters. The number of H-pyrrole nitrogens is 1. The Morgan fingerprint density at radius 1 is 1.17 bits per heavy atom. The zero-order chi connectivity index (χ0) is 20.8. The van der Waals surface area contributed by atoms with Crippen LogP contribution in [0.4, 0.5) is 0 Å². The number of aromatic amines is 1. The van der Waals surface area contributed by atoms with Crippen molar-refractivity contribution in [2.45, 2.75) is 63.6 Å². The van der Waals surface area contributed by atoms with Crippen molar-refractivity contribution in [3.63, 3.8) is 0 Å². The highest BCUT2D eigenvalue weighted by molar-refractivity contribution is 7.89. The first kappa shape index (κ1) is 20.3. The van der Waals surface area contributed by atoms with Gasteiger partial charge >= 0.3 is 0 Å². The highest BCUT2D eigenvalue weighted by Gasteiger charge is 2.38. The molecule has 4 rings (SSSR count). The van der Waals surface area contributed by atoms with Crippen LogP contribution in [0.1, 0.15) is 55.4 Å². The van der Waals surface area contributed by atoms with Crippen LogP contribution in [0.3, 0.4) is 0 Å². The topological polar surface area (TPSA) is 86.4 Å². The van der Waals surface area contributed by atoms with E-state index in [1.165, 1.54) is 4.31 Å². The van der Waals surface area contributed by atoms with Gasteiger partial charge in [-0.3, -0.25) is 9.69 Å². The van der Waals surface area contributed by atoms with Crippen LogP contribution < -0.4 is 5.56 Å². The van der Waals surface area contributed by atoms with Crippen molar-refractivity contribution >= 4 is 10.0 Å². The number of hydrogen-bond acceptors (Lipinski definition) is 5. The summed E-state index contributed by atoms with van der Waals surface area (Å²) in [5.74, 6) is 0.465. The molecule has 0 spiro atoms. The largest absolute Gasteiger partial charge is 0.309 e. The molecule has 1 fully saturated rings. The molecule has 2 aromatic rings. The molecule has 156 valence electrons. The Balaban J connectivity index is 1.69. The van der Waals surface area contributed by atoms with E-state index in [9.17, 15) is 13.2 Å². The average Bonchev–Trinajstić information content (AvgIpc) is 3.18. The Morgan fingerprint density at radius 2 is 1.90 bits per heavy atom. The zero-order valence-electron chi connectivity index (χ0n) is 17.2. The van der Waals surface area contributed by atoms with Gasteiger partial charge in [0.1, 0.15) is 5.82 Å². The second-order valence-corrected chi connectivity index (χ2v) is 10.2. The first-order valence-corrected chi connectivity index (χ1v) is 11.7. The van der Waals surface area contributed by atoms with Crippen molar-refractivity contribution in [1.82, 2.24) is 19.2 Å². The lowest BCUT2D eigenvalue weighted by molar-refractivity contribution is 0.198. The highest BCUT2D eigenvalue weighted by atomic mass is 32.2. The molecule has 3 heterocycles. The molecule has 1 aromatic carbocycles. The SMILES string of the molecule is Cc1ccc(S(=O)(=O)N2CCCC2c2nc3c(c(=O)[nH]2)CCN(C(C)C)C3)cc1. The third-order valence-corrected chi connectivity index (χ3v) is 7.92. The molecule has 0 saturated carbocycles. The van der Waals surface area contributed by atoms with Crippen LogP contribution in [0.25, 0.3) is 0 Å². The summed E-state index contributed by atoms with van der Waals surface area (Å²) in [6.45, 7) is 8.09. The van der Waals surface area contributed by atoms with Gasteiger partial charge in [-0.15, -0.1) is 0 Å². The number of fused-ring (bicyclic) bond motifs is 1. The summed E-state index contributed by atoms with van der Waals surface area (Å²) < 4.78 is 28.0. The van der Waals surface area contributed by atoms with Gasteiger partial charge in [0.15, 0.2) is 0 Å². The Hall–Kier alpha value is -2.03. The molecule has 0 radical (unpaired) electrons. The fourth-order valence-corrected chi connectivity index (χ4v) is 5.88. The van der Waals surface area contributed by atoms with E-state index in [1.54, 1.807) is 24.3 Å². The molecule has 7 nitrogen and oxygen atoms in total. The van der Waals surface area contributed by atoms with Crippen molar-refractivity contribution in [1.29, 1.82) is 0 Å². The monoisotopic (exact) mass is 416 g/mol. The first-order chi connectivity index (χ1) is 13.8. The fraction of sp³-hybridized carbons (Fsp3) is 0.524. The van der Waals surface area contributed by atoms with Crippen molar-refractivity contribution < 1.29 is 8.42 Å². The van der Waals surface area contributed by atoms with Crippen LogP contribution in [0.15, 0.2) is 34.0 Å². The van der Waals surface area contributed by atoms with Gasteiger partial charge in [-0.05, 0) is 52.2 Å². The van der Waals surface area contributed by atoms with E-state index in [0.717, 1.165) is 29.8 Å². The van der Waals surface area contributed by atoms with Crippen LogP contribution in [0.2, 0.25) is 0 Å². The molecule has 29 heavy (non-hydrogen) atoms. The van der Waals surface area contributed by atoms with Crippen LogP contribution in [-0.4, -0.2) is 46.7 Å². The number of aryl methyl sites for hydroxylation is 1. The first-order valence-electron chi connectivity index (χ1n) is 10.2. The number of hydrogen-bond donors (Lipinski definition) is 1. The number of nitrogens with zero attached hydrogens (tertiary/aromatic N) is 3. The Labute approximate surface area is 171 Å². The van der Waals surface area contributed by atoms with Gasteiger partial charge < -0.3 is 4.98 Å². The van der Waals surface area contributed by atoms with Crippen molar-refractivity contribution in [3.05, 3.63) is 57.3 Å². The van der Waals surface area contributed by atoms with Gasteiger partial charge in [0.05, 0.1) is 16.6 Å². The lowest BCUT2D eigenvalue weighted by atomic mass is 10.0. The molecule has 1 saturated heterocycles. The normalized spacial score (nSPS) is 20.9. The molecule has 0 bridgehead atoms. The molecule has 1 aromatic heterocycles. The van der Waals surface area contributed by atoms with Gasteiger partial charge in [0, 0.05) is 31.2 Å². The number of nitrogens with one attached hydrogen (secondary N) is 1. The predicted molar refractivity (Wildman–Crippen MR) is 111 cm³/mol. The van der Waals surface area contributed by atoms with Crippen molar-refractivity contribution in [2.75, 3.05) is 13.1 Å². The van der Waals surface area contributed by atoms with Gasteiger partial charge in [0.25, 0.3) is 5.56 Å². The Bertz CT molecular complexity index is 1060. The molecule has 2 aliphatic heterocycles. The maximum Gasteiger partial charge on any atom is 0.254 e. The summed E-state index contributed by atoms with van der Waals surface area (Å²) >= 11 is 0. The van der Waals surface area contributed by atoms with Crippen molar-refractivity contribution in [3.8, 4) is 0 Å². The Kier molecular flexibility index (Phi) is 5.35. The van der Waals surface area contributed by atoms with E-state index in [4.69, 9.17) is 4.98 Å². The highest BCUT2D eigenvalue weighted by Crippen LogP contribution is 2.35. The molecule has 2 aliphatic rings. The van der Waals surface area contributed by atoms with Gasteiger partial charge in [-0.2, -0.15) is 4.31 Å². The summed E-state index contributed by atoms with van der Waals surface area (Å²) in [7, 11) is -3.65. The summed E-state index contributed by atoms with van der Waals surface area (Å²) in [5.41, 5.74) is 2.39. The van der Waals surface area contributed by atoms with E-state index in [2.05, 4.69) is 23.7 Å². The number of rotatable bonds is 4. The summed E-state index contributed by atoms with van der Waals surface area (Å²) in [6, 6.07) is 6.83. The van der Waals surface area contributed by atoms with E-state index in [0.29, 0.717) is 37.8 Å². The van der Waals surface area contributed by atoms with Crippen molar-refractivity contribution in [2.24, 2.45) is 0 Å². The van der Waals surface area contributed by atoms with E-state index >= 15 is 0 Å². The third-order valence-electron chi connectivity index (χ3n) is 6.00.